The predicted octanol–water partition coefficient (Wildman–Crippen LogP) is 4.01. The van der Waals surface area contributed by atoms with E-state index in [0.717, 1.165) is 18.4 Å². The largest absolute Gasteiger partial charge is 0.464 e. The Hall–Kier alpha value is -3.03. The average molecular weight is 433 g/mol. The maximum absolute atomic E-state index is 12.3. The number of allylic oxidation sites excluding steroid dienone is 1. The van der Waals surface area contributed by atoms with Crippen molar-refractivity contribution in [3.63, 3.8) is 0 Å². The summed E-state index contributed by atoms with van der Waals surface area (Å²) in [6, 6.07) is 9.24. The van der Waals surface area contributed by atoms with E-state index in [0.29, 0.717) is 19.5 Å². The minimum Gasteiger partial charge on any atom is -0.464 e. The molecular weight excluding hydrogens is 400 g/mol. The molecule has 0 spiro atoms. The van der Waals surface area contributed by atoms with Crippen LogP contribution in [0.15, 0.2) is 42.1 Å². The molecule has 2 amide bonds. The first-order valence-corrected chi connectivity index (χ1v) is 10.4. The first-order valence-electron chi connectivity index (χ1n) is 10.4. The predicted molar refractivity (Wildman–Crippen MR) is 115 cm³/mol. The fraction of sp³-hybridized carbons (Fsp3) is 0.522. The van der Waals surface area contributed by atoms with Crippen molar-refractivity contribution < 1.29 is 28.6 Å². The van der Waals surface area contributed by atoms with E-state index in [9.17, 15) is 14.4 Å². The molecule has 1 aliphatic rings. The number of alkyl carbamates (subject to hydrolysis) is 1. The lowest BCUT2D eigenvalue weighted by atomic mass is 9.94. The van der Waals surface area contributed by atoms with Gasteiger partial charge in [-0.15, -0.1) is 0 Å². The van der Waals surface area contributed by atoms with Crippen LogP contribution in [-0.4, -0.2) is 48.9 Å². The second-order valence-corrected chi connectivity index (χ2v) is 8.47. The molecule has 0 bridgehead atoms. The van der Waals surface area contributed by atoms with E-state index in [-0.39, 0.29) is 24.3 Å². The lowest BCUT2D eigenvalue weighted by Crippen LogP contribution is -2.42. The zero-order valence-corrected chi connectivity index (χ0v) is 18.7. The SMILES string of the molecule is COC(=O)/C(=C/C[C@H]1CCCN(C(=O)OC(C)(C)C)C1)NC(=O)OCc1ccccc1. The van der Waals surface area contributed by atoms with Gasteiger partial charge in [0.1, 0.15) is 17.9 Å². The maximum atomic E-state index is 12.3. The van der Waals surface area contributed by atoms with Gasteiger partial charge in [-0.25, -0.2) is 14.4 Å². The molecule has 0 unspecified atom stereocenters. The molecule has 0 aromatic heterocycles. The molecule has 1 atom stereocenters. The molecule has 1 aromatic rings. The number of nitrogens with zero attached hydrogens (tertiary/aromatic N) is 1. The highest BCUT2D eigenvalue weighted by molar-refractivity contribution is 5.92. The van der Waals surface area contributed by atoms with Crippen molar-refractivity contribution in [2.75, 3.05) is 20.2 Å². The molecule has 1 saturated heterocycles. The van der Waals surface area contributed by atoms with Gasteiger partial charge in [0.25, 0.3) is 0 Å². The van der Waals surface area contributed by atoms with Crippen molar-refractivity contribution in [3.05, 3.63) is 47.7 Å². The Balaban J connectivity index is 1.92. The molecule has 0 radical (unpaired) electrons. The highest BCUT2D eigenvalue weighted by Crippen LogP contribution is 2.22. The van der Waals surface area contributed by atoms with Crippen molar-refractivity contribution in [2.24, 2.45) is 5.92 Å². The third-order valence-electron chi connectivity index (χ3n) is 4.68. The number of piperidine rings is 1. The molecule has 170 valence electrons. The fourth-order valence-electron chi connectivity index (χ4n) is 3.20. The number of ether oxygens (including phenoxy) is 3. The molecule has 8 heteroatoms. The maximum Gasteiger partial charge on any atom is 0.412 e. The molecule has 8 nitrogen and oxygen atoms in total. The summed E-state index contributed by atoms with van der Waals surface area (Å²) in [7, 11) is 1.25. The topological polar surface area (TPSA) is 94.2 Å². The van der Waals surface area contributed by atoms with Crippen LogP contribution in [0.1, 0.15) is 45.6 Å². The lowest BCUT2D eigenvalue weighted by molar-refractivity contribution is -0.136. The summed E-state index contributed by atoms with van der Waals surface area (Å²) in [5.41, 5.74) is 0.312. The van der Waals surface area contributed by atoms with Crippen LogP contribution in [0.2, 0.25) is 0 Å². The Kier molecular flexibility index (Phi) is 8.90. The quantitative estimate of drug-likeness (QED) is 0.415. The van der Waals surface area contributed by atoms with Crippen LogP contribution < -0.4 is 5.32 Å². The van der Waals surface area contributed by atoms with Crippen molar-refractivity contribution in [1.29, 1.82) is 0 Å². The normalized spacial score (nSPS) is 17.0. The Bertz CT molecular complexity index is 785. The number of carbonyl (C=O) groups is 3. The third-order valence-corrected chi connectivity index (χ3v) is 4.68. The molecule has 1 aromatic carbocycles. The first-order chi connectivity index (χ1) is 14.7. The lowest BCUT2D eigenvalue weighted by Gasteiger charge is -2.33. The van der Waals surface area contributed by atoms with E-state index in [4.69, 9.17) is 14.2 Å². The van der Waals surface area contributed by atoms with Crippen molar-refractivity contribution in [2.45, 2.75) is 52.2 Å². The molecule has 1 N–H and O–H groups in total. The molecular formula is C23H32N2O6. The zero-order valence-electron chi connectivity index (χ0n) is 18.7. The summed E-state index contributed by atoms with van der Waals surface area (Å²) in [4.78, 5) is 38.2. The number of benzene rings is 1. The first kappa shape index (κ1) is 24.2. The molecule has 31 heavy (non-hydrogen) atoms. The zero-order chi connectivity index (χ0) is 22.9. The molecule has 0 aliphatic carbocycles. The molecule has 1 fully saturated rings. The number of rotatable bonds is 6. The van der Waals surface area contributed by atoms with E-state index in [1.165, 1.54) is 7.11 Å². The van der Waals surface area contributed by atoms with Crippen LogP contribution in [0.5, 0.6) is 0 Å². The van der Waals surface area contributed by atoms with Gasteiger partial charge in [0.2, 0.25) is 0 Å². The summed E-state index contributed by atoms with van der Waals surface area (Å²) in [6.45, 7) is 6.76. The fourth-order valence-corrected chi connectivity index (χ4v) is 3.20. The van der Waals surface area contributed by atoms with E-state index in [2.05, 4.69) is 5.32 Å². The second-order valence-electron chi connectivity index (χ2n) is 8.47. The number of methoxy groups -OCH3 is 1. The van der Waals surface area contributed by atoms with Crippen molar-refractivity contribution >= 4 is 18.2 Å². The average Bonchev–Trinajstić information content (AvgIpc) is 2.74. The van der Waals surface area contributed by atoms with Crippen LogP contribution >= 0.6 is 0 Å². The molecule has 2 rings (SSSR count). The standard InChI is InChI=1S/C23H32N2O6/c1-23(2,3)31-22(28)25-14-8-11-17(15-25)12-13-19(20(26)29-4)24-21(27)30-16-18-9-6-5-7-10-18/h5-7,9-10,13,17H,8,11-12,14-16H2,1-4H3,(H,24,27)/b19-13-/t17-/m1/s1. The number of amides is 2. The molecule has 1 heterocycles. The van der Waals surface area contributed by atoms with E-state index in [1.54, 1.807) is 11.0 Å². The van der Waals surface area contributed by atoms with E-state index in [1.807, 2.05) is 51.1 Å². The summed E-state index contributed by atoms with van der Waals surface area (Å²) >= 11 is 0. The number of esters is 1. The number of carbonyl (C=O) groups excluding carboxylic acids is 3. The minimum absolute atomic E-state index is 0.0231. The van der Waals surface area contributed by atoms with Gasteiger partial charge in [-0.05, 0) is 51.5 Å². The van der Waals surface area contributed by atoms with Gasteiger partial charge in [0.05, 0.1) is 7.11 Å². The third kappa shape index (κ3) is 8.70. The van der Waals surface area contributed by atoms with E-state index < -0.39 is 17.7 Å². The minimum atomic E-state index is -0.737. The highest BCUT2D eigenvalue weighted by Gasteiger charge is 2.27. The molecule has 1 aliphatic heterocycles. The van der Waals surface area contributed by atoms with Gasteiger partial charge < -0.3 is 19.1 Å². The Labute approximate surface area is 183 Å². The number of hydrogen-bond acceptors (Lipinski definition) is 6. The Morgan fingerprint density at radius 2 is 1.90 bits per heavy atom. The van der Waals surface area contributed by atoms with Crippen LogP contribution in [0, 0.1) is 5.92 Å². The monoisotopic (exact) mass is 432 g/mol. The van der Waals surface area contributed by atoms with Gasteiger partial charge in [0.15, 0.2) is 0 Å². The highest BCUT2D eigenvalue weighted by atomic mass is 16.6. The van der Waals surface area contributed by atoms with Gasteiger partial charge in [-0.3, -0.25) is 5.32 Å². The van der Waals surface area contributed by atoms with Crippen LogP contribution in [0.3, 0.4) is 0 Å². The number of hydrogen-bond donors (Lipinski definition) is 1. The smallest absolute Gasteiger partial charge is 0.412 e. The second kappa shape index (κ2) is 11.4. The van der Waals surface area contributed by atoms with Gasteiger partial charge in [-0.1, -0.05) is 36.4 Å². The van der Waals surface area contributed by atoms with Crippen molar-refractivity contribution in [3.8, 4) is 0 Å². The number of likely N-dealkylation sites (tertiary alicyclic amines) is 1. The van der Waals surface area contributed by atoms with Gasteiger partial charge in [-0.2, -0.15) is 0 Å². The van der Waals surface area contributed by atoms with Crippen LogP contribution in [0.4, 0.5) is 9.59 Å². The summed E-state index contributed by atoms with van der Waals surface area (Å²) in [5, 5.41) is 2.46. The van der Waals surface area contributed by atoms with Gasteiger partial charge >= 0.3 is 18.2 Å². The van der Waals surface area contributed by atoms with E-state index >= 15 is 0 Å². The number of nitrogens with one attached hydrogen (secondary N) is 1. The van der Waals surface area contributed by atoms with Crippen LogP contribution in [-0.2, 0) is 25.6 Å². The summed E-state index contributed by atoms with van der Waals surface area (Å²) in [5.74, 6) is -0.514. The van der Waals surface area contributed by atoms with Gasteiger partial charge in [0, 0.05) is 13.1 Å². The Morgan fingerprint density at radius 1 is 1.19 bits per heavy atom. The summed E-state index contributed by atoms with van der Waals surface area (Å²) < 4.78 is 15.4. The van der Waals surface area contributed by atoms with Crippen molar-refractivity contribution in [1.82, 2.24) is 10.2 Å². The summed E-state index contributed by atoms with van der Waals surface area (Å²) in [6.07, 6.45) is 2.80. The molecule has 0 saturated carbocycles. The van der Waals surface area contributed by atoms with Crippen LogP contribution in [0.25, 0.3) is 0 Å². The Morgan fingerprint density at radius 3 is 2.55 bits per heavy atom.